The molecule has 1 aromatic carbocycles. The fraction of sp³-hybridized carbons (Fsp3) is 0.333. The van der Waals surface area contributed by atoms with Crippen LogP contribution in [0.25, 0.3) is 5.69 Å². The van der Waals surface area contributed by atoms with Crippen molar-refractivity contribution in [1.29, 1.82) is 0 Å². The van der Waals surface area contributed by atoms with Gasteiger partial charge in [-0.1, -0.05) is 29.8 Å². The molecule has 0 spiro atoms. The van der Waals surface area contributed by atoms with Crippen molar-refractivity contribution in [1.82, 2.24) is 34.3 Å². The fourth-order valence-electron chi connectivity index (χ4n) is 3.68. The average molecular weight is 460 g/mol. The summed E-state index contributed by atoms with van der Waals surface area (Å²) >= 11 is 5.38. The van der Waals surface area contributed by atoms with Gasteiger partial charge in [0.05, 0.1) is 18.4 Å². The Kier molecular flexibility index (Phi) is 5.00. The maximum atomic E-state index is 13.2. The summed E-state index contributed by atoms with van der Waals surface area (Å²) in [6, 6.07) is 9.31. The Morgan fingerprint density at radius 2 is 1.91 bits per heavy atom. The van der Waals surface area contributed by atoms with Crippen molar-refractivity contribution in [3.05, 3.63) is 75.8 Å². The lowest BCUT2D eigenvalue weighted by atomic mass is 10.1. The molecular weight excluding hydrogens is 439 g/mol. The number of hydrogen-bond donors (Lipinski definition) is 1. The molecule has 1 aliphatic carbocycles. The summed E-state index contributed by atoms with van der Waals surface area (Å²) in [5, 5.41) is 15.2. The summed E-state index contributed by atoms with van der Waals surface area (Å²) in [5.41, 5.74) is 2.66. The van der Waals surface area contributed by atoms with E-state index in [1.54, 1.807) is 15.4 Å². The summed E-state index contributed by atoms with van der Waals surface area (Å²) in [6.45, 7) is 2.68. The largest absolute Gasteiger partial charge is 0.435 e. The van der Waals surface area contributed by atoms with Crippen LogP contribution in [0.5, 0.6) is 0 Å². The van der Waals surface area contributed by atoms with E-state index in [0.717, 1.165) is 24.5 Å². The SMILES string of the molecule is Cc1ccc(Cn2cc(-n3c(Cn4nc(C(F)(F)F)cc4C4CC4)n[nH]c3=S)cn2)cc1. The number of aromatic amines is 1. The van der Waals surface area contributed by atoms with Crippen LogP contribution >= 0.6 is 12.2 Å². The van der Waals surface area contributed by atoms with Crippen LogP contribution in [0.2, 0.25) is 0 Å². The molecule has 0 saturated heterocycles. The lowest BCUT2D eigenvalue weighted by Gasteiger charge is -2.08. The molecule has 0 atom stereocenters. The minimum atomic E-state index is -4.49. The van der Waals surface area contributed by atoms with Gasteiger partial charge in [0.25, 0.3) is 0 Å². The van der Waals surface area contributed by atoms with Crippen LogP contribution in [0.15, 0.2) is 42.7 Å². The van der Waals surface area contributed by atoms with Crippen molar-refractivity contribution < 1.29 is 13.2 Å². The van der Waals surface area contributed by atoms with E-state index in [2.05, 4.69) is 20.4 Å². The summed E-state index contributed by atoms with van der Waals surface area (Å²) in [7, 11) is 0. The van der Waals surface area contributed by atoms with E-state index in [0.29, 0.717) is 28.5 Å². The summed E-state index contributed by atoms with van der Waals surface area (Å²) in [6.07, 6.45) is 0.732. The minimum absolute atomic E-state index is 0.0677. The van der Waals surface area contributed by atoms with Gasteiger partial charge in [-0.05, 0) is 43.6 Å². The third kappa shape index (κ3) is 4.12. The Balaban J connectivity index is 1.44. The van der Waals surface area contributed by atoms with Gasteiger partial charge in [-0.3, -0.25) is 19.0 Å². The summed E-state index contributed by atoms with van der Waals surface area (Å²) < 4.78 is 44.9. The van der Waals surface area contributed by atoms with Gasteiger partial charge in [-0.2, -0.15) is 28.5 Å². The highest BCUT2D eigenvalue weighted by atomic mass is 32.1. The Morgan fingerprint density at radius 1 is 1.16 bits per heavy atom. The third-order valence-corrected chi connectivity index (χ3v) is 5.75. The molecule has 0 bridgehead atoms. The first-order chi connectivity index (χ1) is 15.3. The summed E-state index contributed by atoms with van der Waals surface area (Å²) in [5.74, 6) is 0.565. The molecule has 11 heteroatoms. The Labute approximate surface area is 186 Å². The molecule has 0 amide bonds. The number of H-pyrrole nitrogens is 1. The number of halogens is 3. The van der Waals surface area contributed by atoms with Crippen LogP contribution in [0.1, 0.15) is 47.1 Å². The fourth-order valence-corrected chi connectivity index (χ4v) is 3.93. The molecule has 166 valence electrons. The smallest absolute Gasteiger partial charge is 0.267 e. The molecule has 1 fully saturated rings. The molecule has 4 aromatic rings. The molecule has 7 nitrogen and oxygen atoms in total. The van der Waals surface area contributed by atoms with Crippen LogP contribution in [0.3, 0.4) is 0 Å². The van der Waals surface area contributed by atoms with Crippen molar-refractivity contribution >= 4 is 12.2 Å². The highest BCUT2D eigenvalue weighted by molar-refractivity contribution is 7.71. The van der Waals surface area contributed by atoms with E-state index in [1.165, 1.54) is 10.2 Å². The highest BCUT2D eigenvalue weighted by Crippen LogP contribution is 2.42. The zero-order valence-corrected chi connectivity index (χ0v) is 18.0. The standard InChI is InChI=1S/C21H20F3N7S/c1-13-2-4-14(5-3-13)10-29-11-16(9-25-29)31-19(26-27-20(31)32)12-30-17(15-6-7-15)8-18(28-30)21(22,23)24/h2-5,8-9,11,15H,6-7,10,12H2,1H3,(H,27,32). The molecule has 32 heavy (non-hydrogen) atoms. The van der Waals surface area contributed by atoms with Gasteiger partial charge < -0.3 is 0 Å². The normalized spacial score (nSPS) is 14.2. The van der Waals surface area contributed by atoms with E-state index in [-0.39, 0.29) is 12.5 Å². The number of hydrogen-bond acceptors (Lipinski definition) is 4. The molecule has 0 radical (unpaired) electrons. The van der Waals surface area contributed by atoms with Crippen LogP contribution in [-0.2, 0) is 19.3 Å². The van der Waals surface area contributed by atoms with E-state index in [4.69, 9.17) is 12.2 Å². The highest BCUT2D eigenvalue weighted by Gasteiger charge is 2.38. The second kappa shape index (κ2) is 7.73. The first kappa shape index (κ1) is 20.7. The second-order valence-electron chi connectivity index (χ2n) is 8.05. The molecule has 0 aliphatic heterocycles. The number of benzene rings is 1. The topological polar surface area (TPSA) is 69.2 Å². The molecular formula is C21H20F3N7S. The van der Waals surface area contributed by atoms with Crippen molar-refractivity contribution in [3.8, 4) is 5.69 Å². The van der Waals surface area contributed by atoms with Crippen molar-refractivity contribution in [3.63, 3.8) is 0 Å². The zero-order chi connectivity index (χ0) is 22.5. The summed E-state index contributed by atoms with van der Waals surface area (Å²) in [4.78, 5) is 0. The molecule has 3 aromatic heterocycles. The molecule has 3 heterocycles. The van der Waals surface area contributed by atoms with E-state index in [1.807, 2.05) is 37.4 Å². The Hall–Kier alpha value is -3.21. The number of nitrogens with zero attached hydrogens (tertiary/aromatic N) is 6. The first-order valence-electron chi connectivity index (χ1n) is 10.2. The molecule has 5 rings (SSSR count). The lowest BCUT2D eigenvalue weighted by molar-refractivity contribution is -0.141. The number of aromatic nitrogens is 7. The van der Waals surface area contributed by atoms with Crippen molar-refractivity contribution in [2.45, 2.75) is 44.9 Å². The van der Waals surface area contributed by atoms with Gasteiger partial charge in [0.2, 0.25) is 0 Å². The predicted molar refractivity (Wildman–Crippen MR) is 113 cm³/mol. The Bertz CT molecular complexity index is 1310. The Morgan fingerprint density at radius 3 is 2.59 bits per heavy atom. The predicted octanol–water partition coefficient (Wildman–Crippen LogP) is 4.62. The van der Waals surface area contributed by atoms with Crippen LogP contribution in [0.4, 0.5) is 13.2 Å². The molecule has 1 saturated carbocycles. The van der Waals surface area contributed by atoms with E-state index in [9.17, 15) is 13.2 Å². The average Bonchev–Trinajstić information content (AvgIpc) is 3.14. The van der Waals surface area contributed by atoms with Crippen molar-refractivity contribution in [2.75, 3.05) is 0 Å². The van der Waals surface area contributed by atoms with Crippen LogP contribution < -0.4 is 0 Å². The van der Waals surface area contributed by atoms with Gasteiger partial charge in [-0.25, -0.2) is 0 Å². The van der Waals surface area contributed by atoms with Gasteiger partial charge in [0.15, 0.2) is 16.3 Å². The van der Waals surface area contributed by atoms with Gasteiger partial charge in [-0.15, -0.1) is 0 Å². The van der Waals surface area contributed by atoms with Crippen LogP contribution in [-0.4, -0.2) is 34.3 Å². The second-order valence-corrected chi connectivity index (χ2v) is 8.43. The molecule has 1 aliphatic rings. The number of rotatable bonds is 6. The monoisotopic (exact) mass is 459 g/mol. The van der Waals surface area contributed by atoms with Crippen molar-refractivity contribution in [2.24, 2.45) is 0 Å². The first-order valence-corrected chi connectivity index (χ1v) is 10.6. The lowest BCUT2D eigenvalue weighted by Crippen LogP contribution is -2.12. The van der Waals surface area contributed by atoms with Gasteiger partial charge in [0.1, 0.15) is 6.54 Å². The van der Waals surface area contributed by atoms with Crippen LogP contribution in [0, 0.1) is 11.7 Å². The van der Waals surface area contributed by atoms with Gasteiger partial charge >= 0.3 is 6.18 Å². The number of aryl methyl sites for hydroxylation is 1. The maximum Gasteiger partial charge on any atom is 0.435 e. The quantitative estimate of drug-likeness (QED) is 0.427. The van der Waals surface area contributed by atoms with Gasteiger partial charge in [0, 0.05) is 17.8 Å². The zero-order valence-electron chi connectivity index (χ0n) is 17.2. The molecule has 1 N–H and O–H groups in total. The minimum Gasteiger partial charge on any atom is -0.267 e. The van der Waals surface area contributed by atoms with E-state index >= 15 is 0 Å². The van der Waals surface area contributed by atoms with E-state index < -0.39 is 11.9 Å². The third-order valence-electron chi connectivity index (χ3n) is 5.47. The number of nitrogens with one attached hydrogen (secondary N) is 1. The number of alkyl halides is 3. The maximum absolute atomic E-state index is 13.2. The molecule has 0 unspecified atom stereocenters.